The second-order valence-corrected chi connectivity index (χ2v) is 3.29. The van der Waals surface area contributed by atoms with E-state index in [1.165, 1.54) is 12.1 Å². The Balaban J connectivity index is 3.17. The van der Waals surface area contributed by atoms with Crippen LogP contribution in [-0.2, 0) is 4.79 Å². The zero-order valence-electron chi connectivity index (χ0n) is 9.02. The van der Waals surface area contributed by atoms with Crippen LogP contribution in [0.2, 0.25) is 0 Å². The monoisotopic (exact) mass is 221 g/mol. The maximum atomic E-state index is 11.0. The Hall–Kier alpha value is -2.17. The van der Waals surface area contributed by atoms with Crippen molar-refractivity contribution < 1.29 is 14.5 Å². The molecule has 1 aromatic carbocycles. The average Bonchev–Trinajstić information content (AvgIpc) is 2.22. The van der Waals surface area contributed by atoms with Crippen LogP contribution in [0.25, 0.3) is 0 Å². The molecule has 0 aromatic heterocycles. The topological polar surface area (TPSA) is 69.4 Å². The Bertz CT molecular complexity index is 442. The number of aryl methyl sites for hydroxylation is 2. The van der Waals surface area contributed by atoms with Gasteiger partial charge >= 0.3 is 5.97 Å². The second-order valence-electron chi connectivity index (χ2n) is 3.29. The number of nitro benzene ring substituents is 1. The minimum Gasteiger partial charge on any atom is -0.423 e. The Kier molecular flexibility index (Phi) is 3.40. The lowest BCUT2D eigenvalue weighted by atomic mass is 10.1. The fraction of sp³-hybridized carbons (Fsp3) is 0.182. The zero-order valence-corrected chi connectivity index (χ0v) is 9.02. The molecule has 0 atom stereocenters. The zero-order chi connectivity index (χ0) is 12.3. The molecule has 0 radical (unpaired) electrons. The van der Waals surface area contributed by atoms with Crippen molar-refractivity contribution in [3.63, 3.8) is 0 Å². The lowest BCUT2D eigenvalue weighted by Crippen LogP contribution is -2.06. The van der Waals surface area contributed by atoms with E-state index in [1.807, 2.05) is 0 Å². The number of rotatable bonds is 3. The summed E-state index contributed by atoms with van der Waals surface area (Å²) in [5.74, 6) is -0.240. The number of non-ortho nitro benzene ring substituents is 1. The molecule has 0 spiro atoms. The van der Waals surface area contributed by atoms with Gasteiger partial charge in [-0.05, 0) is 25.0 Å². The highest BCUT2D eigenvalue weighted by Gasteiger charge is 2.14. The molecule has 0 N–H and O–H groups in total. The van der Waals surface area contributed by atoms with Gasteiger partial charge in [-0.15, -0.1) is 0 Å². The highest BCUT2D eigenvalue weighted by molar-refractivity contribution is 5.84. The second kappa shape index (κ2) is 4.57. The third kappa shape index (κ3) is 2.44. The summed E-state index contributed by atoms with van der Waals surface area (Å²) >= 11 is 0. The van der Waals surface area contributed by atoms with Gasteiger partial charge in [0.15, 0.2) is 0 Å². The van der Waals surface area contributed by atoms with E-state index in [2.05, 4.69) is 6.58 Å². The van der Waals surface area contributed by atoms with E-state index in [0.717, 1.165) is 6.08 Å². The summed E-state index contributed by atoms with van der Waals surface area (Å²) in [6.45, 7) is 6.57. The molecular formula is C11H11NO4. The number of benzene rings is 1. The maximum Gasteiger partial charge on any atom is 0.335 e. The van der Waals surface area contributed by atoms with E-state index < -0.39 is 10.9 Å². The van der Waals surface area contributed by atoms with Gasteiger partial charge in [-0.2, -0.15) is 0 Å². The molecule has 0 aliphatic carbocycles. The molecule has 0 amide bonds. The standard InChI is InChI=1S/C11H11NO4/c1-4-10(13)16-11-7(2)5-9(12(14)15)6-8(11)3/h4-6H,1H2,2-3H3. The summed E-state index contributed by atoms with van der Waals surface area (Å²) < 4.78 is 4.98. The molecule has 0 bridgehead atoms. The fourth-order valence-electron chi connectivity index (χ4n) is 1.34. The molecule has 0 heterocycles. The number of esters is 1. The molecule has 5 heteroatoms. The molecule has 0 saturated heterocycles. The van der Waals surface area contributed by atoms with Crippen LogP contribution in [0, 0.1) is 24.0 Å². The van der Waals surface area contributed by atoms with Crippen LogP contribution in [0.15, 0.2) is 24.8 Å². The summed E-state index contributed by atoms with van der Waals surface area (Å²) in [5, 5.41) is 10.6. The molecule has 0 aliphatic heterocycles. The number of nitro groups is 1. The van der Waals surface area contributed by atoms with E-state index in [0.29, 0.717) is 16.9 Å². The number of carbonyl (C=O) groups is 1. The van der Waals surface area contributed by atoms with Crippen LogP contribution in [-0.4, -0.2) is 10.9 Å². The molecule has 0 aliphatic rings. The van der Waals surface area contributed by atoms with Gasteiger partial charge in [0.25, 0.3) is 5.69 Å². The van der Waals surface area contributed by atoms with Crippen molar-refractivity contribution in [2.45, 2.75) is 13.8 Å². The van der Waals surface area contributed by atoms with Crippen LogP contribution in [0.1, 0.15) is 11.1 Å². The summed E-state index contributed by atoms with van der Waals surface area (Å²) in [7, 11) is 0. The van der Waals surface area contributed by atoms with Gasteiger partial charge in [0.05, 0.1) is 4.92 Å². The fourth-order valence-corrected chi connectivity index (χ4v) is 1.34. The molecule has 16 heavy (non-hydrogen) atoms. The van der Waals surface area contributed by atoms with Gasteiger partial charge in [-0.1, -0.05) is 6.58 Å². The number of nitrogens with zero attached hydrogens (tertiary/aromatic N) is 1. The van der Waals surface area contributed by atoms with E-state index in [-0.39, 0.29) is 5.69 Å². The van der Waals surface area contributed by atoms with Crippen LogP contribution in [0.5, 0.6) is 5.75 Å². The first-order valence-electron chi connectivity index (χ1n) is 4.55. The molecule has 0 fully saturated rings. The molecule has 84 valence electrons. The number of carbonyl (C=O) groups excluding carboxylic acids is 1. The smallest absolute Gasteiger partial charge is 0.335 e. The average molecular weight is 221 g/mol. The van der Waals surface area contributed by atoms with E-state index in [4.69, 9.17) is 4.74 Å². The van der Waals surface area contributed by atoms with Gasteiger partial charge in [-0.25, -0.2) is 4.79 Å². The summed E-state index contributed by atoms with van der Waals surface area (Å²) in [6.07, 6.45) is 1.04. The lowest BCUT2D eigenvalue weighted by molar-refractivity contribution is -0.385. The van der Waals surface area contributed by atoms with E-state index >= 15 is 0 Å². The third-order valence-electron chi connectivity index (χ3n) is 2.03. The number of ether oxygens (including phenoxy) is 1. The minimum absolute atomic E-state index is 0.0200. The van der Waals surface area contributed by atoms with Crippen molar-refractivity contribution in [2.75, 3.05) is 0 Å². The van der Waals surface area contributed by atoms with Crippen molar-refractivity contribution in [3.8, 4) is 5.75 Å². The molecule has 0 saturated carbocycles. The number of hydrogen-bond donors (Lipinski definition) is 0. The van der Waals surface area contributed by atoms with Crippen molar-refractivity contribution in [2.24, 2.45) is 0 Å². The largest absolute Gasteiger partial charge is 0.423 e. The third-order valence-corrected chi connectivity index (χ3v) is 2.03. The molecule has 1 aromatic rings. The lowest BCUT2D eigenvalue weighted by Gasteiger charge is -2.08. The van der Waals surface area contributed by atoms with Gasteiger partial charge < -0.3 is 4.74 Å². The Morgan fingerprint density at radius 2 is 1.94 bits per heavy atom. The van der Waals surface area contributed by atoms with Gasteiger partial charge in [0.2, 0.25) is 0 Å². The predicted molar refractivity (Wildman–Crippen MR) is 58.4 cm³/mol. The van der Waals surface area contributed by atoms with Crippen LogP contribution < -0.4 is 4.74 Å². The quantitative estimate of drug-likeness (QED) is 0.258. The first kappa shape index (κ1) is 11.9. The summed E-state index contributed by atoms with van der Waals surface area (Å²) in [5.41, 5.74) is 1.07. The highest BCUT2D eigenvalue weighted by Crippen LogP contribution is 2.28. The van der Waals surface area contributed by atoms with Crippen LogP contribution >= 0.6 is 0 Å². The van der Waals surface area contributed by atoms with Crippen LogP contribution in [0.3, 0.4) is 0 Å². The minimum atomic E-state index is -0.583. The Morgan fingerprint density at radius 1 is 1.44 bits per heavy atom. The molecule has 5 nitrogen and oxygen atoms in total. The molecule has 0 unspecified atom stereocenters. The van der Waals surface area contributed by atoms with Gasteiger partial charge in [-0.3, -0.25) is 10.1 Å². The Morgan fingerprint density at radius 3 is 2.31 bits per heavy atom. The normalized spacial score (nSPS) is 9.62. The van der Waals surface area contributed by atoms with Crippen molar-refractivity contribution in [3.05, 3.63) is 46.0 Å². The van der Waals surface area contributed by atoms with Crippen molar-refractivity contribution in [1.29, 1.82) is 0 Å². The highest BCUT2D eigenvalue weighted by atomic mass is 16.6. The predicted octanol–water partition coefficient (Wildman–Crippen LogP) is 2.30. The first-order valence-corrected chi connectivity index (χ1v) is 4.55. The van der Waals surface area contributed by atoms with E-state index in [1.54, 1.807) is 13.8 Å². The summed E-state index contributed by atoms with van der Waals surface area (Å²) in [6, 6.07) is 2.72. The molecule has 1 rings (SSSR count). The number of hydrogen-bond acceptors (Lipinski definition) is 4. The molecular weight excluding hydrogens is 210 g/mol. The van der Waals surface area contributed by atoms with E-state index in [9.17, 15) is 14.9 Å². The first-order chi connectivity index (χ1) is 7.45. The van der Waals surface area contributed by atoms with Gasteiger partial charge in [0.1, 0.15) is 5.75 Å². The van der Waals surface area contributed by atoms with Crippen molar-refractivity contribution in [1.82, 2.24) is 0 Å². The van der Waals surface area contributed by atoms with Gasteiger partial charge in [0, 0.05) is 18.2 Å². The maximum absolute atomic E-state index is 11.0. The Labute approximate surface area is 92.5 Å². The SMILES string of the molecule is C=CC(=O)Oc1c(C)cc([N+](=O)[O-])cc1C. The van der Waals surface area contributed by atoms with Crippen molar-refractivity contribution >= 4 is 11.7 Å². The summed E-state index contributed by atoms with van der Waals surface area (Å²) in [4.78, 5) is 21.1. The van der Waals surface area contributed by atoms with Crippen LogP contribution in [0.4, 0.5) is 5.69 Å².